The highest BCUT2D eigenvalue weighted by atomic mass is 16.5. The zero-order valence-corrected chi connectivity index (χ0v) is 14.0. The Morgan fingerprint density at radius 2 is 1.88 bits per heavy atom. The van der Waals surface area contributed by atoms with E-state index in [1.54, 1.807) is 7.11 Å². The van der Waals surface area contributed by atoms with Gasteiger partial charge in [0.1, 0.15) is 5.75 Å². The van der Waals surface area contributed by atoms with Crippen molar-refractivity contribution in [1.82, 2.24) is 10.2 Å². The Morgan fingerprint density at radius 3 is 2.54 bits per heavy atom. The van der Waals surface area contributed by atoms with Gasteiger partial charge in [0.15, 0.2) is 0 Å². The van der Waals surface area contributed by atoms with Gasteiger partial charge in [-0.05, 0) is 37.3 Å². The van der Waals surface area contributed by atoms with Gasteiger partial charge in [-0.25, -0.2) is 0 Å². The van der Waals surface area contributed by atoms with Crippen molar-refractivity contribution in [2.45, 2.75) is 37.6 Å². The Kier molecular flexibility index (Phi) is 3.94. The Bertz CT molecular complexity index is 652. The minimum Gasteiger partial charge on any atom is -0.496 e. The lowest BCUT2D eigenvalue weighted by Crippen LogP contribution is -2.37. The van der Waals surface area contributed by atoms with Crippen LogP contribution in [0.25, 0.3) is 0 Å². The topological polar surface area (TPSA) is 58.6 Å². The van der Waals surface area contributed by atoms with Crippen LogP contribution in [0.1, 0.15) is 37.2 Å². The van der Waals surface area contributed by atoms with E-state index in [0.717, 1.165) is 37.0 Å². The molecule has 128 valence electrons. The fraction of sp³-hybridized carbons (Fsp3) is 0.579. The van der Waals surface area contributed by atoms with E-state index >= 15 is 0 Å². The quantitative estimate of drug-likeness (QED) is 0.898. The first-order valence-electron chi connectivity index (χ1n) is 8.89. The van der Waals surface area contributed by atoms with Crippen LogP contribution in [0.4, 0.5) is 0 Å². The number of para-hydroxylation sites is 1. The van der Waals surface area contributed by atoms with E-state index in [4.69, 9.17) is 4.74 Å². The fourth-order valence-corrected chi connectivity index (χ4v) is 3.66. The van der Waals surface area contributed by atoms with E-state index < -0.39 is 0 Å². The summed E-state index contributed by atoms with van der Waals surface area (Å²) < 4.78 is 5.50. The molecule has 0 spiro atoms. The van der Waals surface area contributed by atoms with Gasteiger partial charge in [-0.1, -0.05) is 18.2 Å². The number of hydrogen-bond donors (Lipinski definition) is 1. The van der Waals surface area contributed by atoms with Gasteiger partial charge in [-0.15, -0.1) is 0 Å². The van der Waals surface area contributed by atoms with E-state index in [-0.39, 0.29) is 29.6 Å². The predicted molar refractivity (Wildman–Crippen MR) is 89.7 cm³/mol. The van der Waals surface area contributed by atoms with Gasteiger partial charge in [0, 0.05) is 31.0 Å². The van der Waals surface area contributed by atoms with E-state index in [2.05, 4.69) is 5.32 Å². The summed E-state index contributed by atoms with van der Waals surface area (Å²) in [5.74, 6) is 1.10. The molecular formula is C19H24N2O3. The van der Waals surface area contributed by atoms with Crippen molar-refractivity contribution in [3.63, 3.8) is 0 Å². The fourth-order valence-electron chi connectivity index (χ4n) is 3.66. The first kappa shape index (κ1) is 15.5. The van der Waals surface area contributed by atoms with Gasteiger partial charge in [-0.2, -0.15) is 0 Å². The van der Waals surface area contributed by atoms with Crippen molar-refractivity contribution in [3.05, 3.63) is 29.8 Å². The maximum Gasteiger partial charge on any atom is 0.225 e. The van der Waals surface area contributed by atoms with Crippen molar-refractivity contribution in [1.29, 1.82) is 0 Å². The second-order valence-corrected chi connectivity index (χ2v) is 7.26. The van der Waals surface area contributed by atoms with Crippen molar-refractivity contribution in [3.8, 4) is 5.75 Å². The SMILES string of the molecule is COc1ccccc1[C@H]1CN(C(=O)C2CC2)C[C@@H]1C(=O)NC1CC1. The lowest BCUT2D eigenvalue weighted by atomic mass is 9.87. The molecule has 0 aromatic heterocycles. The van der Waals surface area contributed by atoms with Crippen molar-refractivity contribution in [2.24, 2.45) is 11.8 Å². The maximum absolute atomic E-state index is 12.7. The molecule has 0 unspecified atom stereocenters. The van der Waals surface area contributed by atoms with E-state index in [1.807, 2.05) is 29.2 Å². The van der Waals surface area contributed by atoms with Gasteiger partial charge >= 0.3 is 0 Å². The average Bonchev–Trinajstić information content (AvgIpc) is 3.52. The highest BCUT2D eigenvalue weighted by Crippen LogP contribution is 2.40. The number of rotatable bonds is 5. The summed E-state index contributed by atoms with van der Waals surface area (Å²) in [5, 5.41) is 3.12. The Morgan fingerprint density at radius 1 is 1.12 bits per heavy atom. The van der Waals surface area contributed by atoms with Crippen LogP contribution in [-0.2, 0) is 9.59 Å². The van der Waals surface area contributed by atoms with Gasteiger partial charge in [0.2, 0.25) is 11.8 Å². The lowest BCUT2D eigenvalue weighted by molar-refractivity contribution is -0.132. The Labute approximate surface area is 142 Å². The standard InChI is InChI=1S/C19H24N2O3/c1-24-17-5-3-2-4-14(17)15-10-21(19(23)12-6-7-12)11-16(15)18(22)20-13-8-9-13/h2-5,12-13,15-16H,6-11H2,1H3,(H,20,22)/t15-,16+/m1/s1. The molecule has 1 saturated heterocycles. The second-order valence-electron chi connectivity index (χ2n) is 7.26. The van der Waals surface area contributed by atoms with Crippen molar-refractivity contribution < 1.29 is 14.3 Å². The number of hydrogen-bond acceptors (Lipinski definition) is 3. The monoisotopic (exact) mass is 328 g/mol. The third-order valence-electron chi connectivity index (χ3n) is 5.36. The van der Waals surface area contributed by atoms with Crippen LogP contribution >= 0.6 is 0 Å². The highest BCUT2D eigenvalue weighted by molar-refractivity contribution is 5.85. The van der Waals surface area contributed by atoms with Crippen LogP contribution in [0, 0.1) is 11.8 Å². The summed E-state index contributed by atoms with van der Waals surface area (Å²) in [6.45, 7) is 1.13. The number of carbonyl (C=O) groups excluding carboxylic acids is 2. The van der Waals surface area contributed by atoms with E-state index in [0.29, 0.717) is 19.1 Å². The molecule has 1 heterocycles. The minimum absolute atomic E-state index is 0.00241. The summed E-state index contributed by atoms with van der Waals surface area (Å²) in [6.07, 6.45) is 4.13. The van der Waals surface area contributed by atoms with Crippen LogP contribution in [0.2, 0.25) is 0 Å². The molecule has 2 aliphatic carbocycles. The van der Waals surface area contributed by atoms with Crippen molar-refractivity contribution in [2.75, 3.05) is 20.2 Å². The lowest BCUT2D eigenvalue weighted by Gasteiger charge is -2.20. The predicted octanol–water partition coefficient (Wildman–Crippen LogP) is 1.93. The number of carbonyl (C=O) groups is 2. The van der Waals surface area contributed by atoms with E-state index in [9.17, 15) is 9.59 Å². The minimum atomic E-state index is -0.190. The normalized spacial score (nSPS) is 26.3. The molecule has 1 aromatic carbocycles. The summed E-state index contributed by atoms with van der Waals surface area (Å²) in [4.78, 5) is 27.1. The molecule has 0 radical (unpaired) electrons. The first-order chi connectivity index (χ1) is 11.7. The molecule has 2 amide bonds. The third-order valence-corrected chi connectivity index (χ3v) is 5.36. The summed E-state index contributed by atoms with van der Waals surface area (Å²) in [5.41, 5.74) is 1.03. The molecule has 1 N–H and O–H groups in total. The number of methoxy groups -OCH3 is 1. The number of nitrogens with one attached hydrogen (secondary N) is 1. The zero-order valence-electron chi connectivity index (χ0n) is 14.0. The number of benzene rings is 1. The Balaban J connectivity index is 1.59. The number of amides is 2. The van der Waals surface area contributed by atoms with Crippen LogP contribution < -0.4 is 10.1 Å². The molecule has 4 rings (SSSR count). The molecule has 5 heteroatoms. The van der Waals surface area contributed by atoms with Crippen LogP contribution in [0.5, 0.6) is 5.75 Å². The van der Waals surface area contributed by atoms with Gasteiger partial charge < -0.3 is 15.0 Å². The van der Waals surface area contributed by atoms with Gasteiger partial charge in [0.25, 0.3) is 0 Å². The van der Waals surface area contributed by atoms with Gasteiger partial charge in [-0.3, -0.25) is 9.59 Å². The molecular weight excluding hydrogens is 304 g/mol. The molecule has 1 aliphatic heterocycles. The highest BCUT2D eigenvalue weighted by Gasteiger charge is 2.45. The molecule has 3 aliphatic rings. The third kappa shape index (κ3) is 2.99. The van der Waals surface area contributed by atoms with Gasteiger partial charge in [0.05, 0.1) is 13.0 Å². The summed E-state index contributed by atoms with van der Waals surface area (Å²) >= 11 is 0. The van der Waals surface area contributed by atoms with Crippen LogP contribution in [0.3, 0.4) is 0 Å². The molecule has 24 heavy (non-hydrogen) atoms. The zero-order chi connectivity index (χ0) is 16.7. The smallest absolute Gasteiger partial charge is 0.225 e. The summed E-state index contributed by atoms with van der Waals surface area (Å²) in [6, 6.07) is 8.19. The first-order valence-corrected chi connectivity index (χ1v) is 8.89. The van der Waals surface area contributed by atoms with E-state index in [1.165, 1.54) is 0 Å². The number of ether oxygens (including phenoxy) is 1. The molecule has 2 atom stereocenters. The van der Waals surface area contributed by atoms with Crippen LogP contribution in [0.15, 0.2) is 24.3 Å². The molecule has 5 nitrogen and oxygen atoms in total. The number of nitrogens with zero attached hydrogens (tertiary/aromatic N) is 1. The Hall–Kier alpha value is -2.04. The number of likely N-dealkylation sites (tertiary alicyclic amines) is 1. The van der Waals surface area contributed by atoms with Crippen molar-refractivity contribution >= 4 is 11.8 Å². The largest absolute Gasteiger partial charge is 0.496 e. The molecule has 2 saturated carbocycles. The molecule has 3 fully saturated rings. The average molecular weight is 328 g/mol. The molecule has 1 aromatic rings. The summed E-state index contributed by atoms with van der Waals surface area (Å²) in [7, 11) is 1.65. The van der Waals surface area contributed by atoms with Crippen LogP contribution in [-0.4, -0.2) is 43.0 Å². The second kappa shape index (κ2) is 6.11. The molecule has 0 bridgehead atoms. The maximum atomic E-state index is 12.7.